The number of nitrogens with one attached hydrogen (secondary N) is 1. The van der Waals surface area contributed by atoms with Gasteiger partial charge in [-0.15, -0.1) is 11.3 Å². The Balaban J connectivity index is 1.63. The van der Waals surface area contributed by atoms with Crippen molar-refractivity contribution in [3.63, 3.8) is 0 Å². The maximum Gasteiger partial charge on any atom is 0.227 e. The highest BCUT2D eigenvalue weighted by Gasteiger charge is 2.32. The highest BCUT2D eigenvalue weighted by atomic mass is 79.9. The lowest BCUT2D eigenvalue weighted by atomic mass is 9.91. The Hall–Kier alpha value is -2.31. The second-order valence-electron chi connectivity index (χ2n) is 7.04. The number of ether oxygens (including phenoxy) is 2. The number of halogens is 1. The Bertz CT molecular complexity index is 1070. The predicted octanol–water partition coefficient (Wildman–Crippen LogP) is 6.02. The van der Waals surface area contributed by atoms with Gasteiger partial charge in [0.2, 0.25) is 5.91 Å². The van der Waals surface area contributed by atoms with Gasteiger partial charge in [-0.2, -0.15) is 0 Å². The fraction of sp³-hybridized carbons (Fsp3) is 0.227. The standard InChI is InChI=1S/C22H18BrNO3S/c1-26-16-3-2-4-17-20(16)14-8-7-13(24-22(25)12-5-6-12)11-15(14)21(27-17)18-9-10-19(23)28-18/h2-4,7-12,21H,5-6H2,1H3,(H,24,25). The van der Waals surface area contributed by atoms with E-state index >= 15 is 0 Å². The zero-order chi connectivity index (χ0) is 19.3. The van der Waals surface area contributed by atoms with Gasteiger partial charge >= 0.3 is 0 Å². The second-order valence-corrected chi connectivity index (χ2v) is 9.53. The molecule has 3 aromatic rings. The fourth-order valence-electron chi connectivity index (χ4n) is 3.59. The van der Waals surface area contributed by atoms with Crippen molar-refractivity contribution < 1.29 is 14.3 Å². The van der Waals surface area contributed by atoms with E-state index in [2.05, 4.69) is 33.4 Å². The molecule has 0 radical (unpaired) electrons. The van der Waals surface area contributed by atoms with Crippen molar-refractivity contribution in [2.24, 2.45) is 5.92 Å². The molecule has 1 atom stereocenters. The van der Waals surface area contributed by atoms with E-state index < -0.39 is 0 Å². The highest BCUT2D eigenvalue weighted by Crippen LogP contribution is 2.50. The summed E-state index contributed by atoms with van der Waals surface area (Å²) in [5.74, 6) is 1.85. The van der Waals surface area contributed by atoms with Crippen LogP contribution in [0.25, 0.3) is 11.1 Å². The SMILES string of the molecule is COc1cccc2c1-c1ccc(NC(=O)C3CC3)cc1C(c1ccc(Br)s1)O2. The van der Waals surface area contributed by atoms with Crippen LogP contribution in [0.15, 0.2) is 52.3 Å². The summed E-state index contributed by atoms with van der Waals surface area (Å²) in [4.78, 5) is 13.3. The quantitative estimate of drug-likeness (QED) is 0.523. The molecular weight excluding hydrogens is 438 g/mol. The van der Waals surface area contributed by atoms with Gasteiger partial charge in [-0.05, 0) is 70.7 Å². The Kier molecular flexibility index (Phi) is 4.40. The normalized spacial score (nSPS) is 17.3. The third kappa shape index (κ3) is 3.10. The van der Waals surface area contributed by atoms with Crippen molar-refractivity contribution in [3.8, 4) is 22.6 Å². The number of hydrogen-bond donors (Lipinski definition) is 1. The van der Waals surface area contributed by atoms with Gasteiger partial charge in [0, 0.05) is 17.2 Å². The lowest BCUT2D eigenvalue weighted by molar-refractivity contribution is -0.117. The number of methoxy groups -OCH3 is 1. The maximum atomic E-state index is 12.2. The Labute approximate surface area is 175 Å². The van der Waals surface area contributed by atoms with Crippen LogP contribution in [0.5, 0.6) is 11.5 Å². The van der Waals surface area contributed by atoms with Crippen LogP contribution in [0, 0.1) is 5.92 Å². The van der Waals surface area contributed by atoms with Crippen LogP contribution in [0.1, 0.15) is 29.4 Å². The average Bonchev–Trinajstić information content (AvgIpc) is 3.48. The Morgan fingerprint density at radius 3 is 2.79 bits per heavy atom. The fourth-order valence-corrected chi connectivity index (χ4v) is 5.06. The van der Waals surface area contributed by atoms with Crippen LogP contribution in [0.4, 0.5) is 5.69 Å². The van der Waals surface area contributed by atoms with E-state index in [9.17, 15) is 4.79 Å². The number of fused-ring (bicyclic) bond motifs is 3. The van der Waals surface area contributed by atoms with Gasteiger partial charge in [-0.25, -0.2) is 0 Å². The van der Waals surface area contributed by atoms with Crippen molar-refractivity contribution in [2.75, 3.05) is 12.4 Å². The van der Waals surface area contributed by atoms with Crippen LogP contribution in [0.3, 0.4) is 0 Å². The molecule has 1 N–H and O–H groups in total. The number of hydrogen-bond acceptors (Lipinski definition) is 4. The van der Waals surface area contributed by atoms with E-state index in [4.69, 9.17) is 9.47 Å². The molecule has 1 fully saturated rings. The van der Waals surface area contributed by atoms with Crippen molar-refractivity contribution in [2.45, 2.75) is 18.9 Å². The summed E-state index contributed by atoms with van der Waals surface area (Å²) >= 11 is 5.20. The van der Waals surface area contributed by atoms with E-state index in [1.54, 1.807) is 18.4 Å². The van der Waals surface area contributed by atoms with Crippen molar-refractivity contribution in [1.29, 1.82) is 0 Å². The van der Waals surface area contributed by atoms with Crippen molar-refractivity contribution >= 4 is 38.9 Å². The number of rotatable bonds is 4. The molecule has 1 saturated carbocycles. The first-order valence-electron chi connectivity index (χ1n) is 9.18. The van der Waals surface area contributed by atoms with Gasteiger partial charge in [0.1, 0.15) is 11.5 Å². The molecule has 1 aromatic heterocycles. The molecule has 4 nitrogen and oxygen atoms in total. The molecule has 6 heteroatoms. The lowest BCUT2D eigenvalue weighted by Crippen LogP contribution is -2.17. The zero-order valence-corrected chi connectivity index (χ0v) is 17.6. The lowest BCUT2D eigenvalue weighted by Gasteiger charge is -2.29. The number of carbonyl (C=O) groups excluding carboxylic acids is 1. The molecule has 0 saturated heterocycles. The smallest absolute Gasteiger partial charge is 0.227 e. The number of carbonyl (C=O) groups is 1. The van der Waals surface area contributed by atoms with Gasteiger partial charge in [0.25, 0.3) is 0 Å². The summed E-state index contributed by atoms with van der Waals surface area (Å²) < 4.78 is 13.1. The maximum absolute atomic E-state index is 12.2. The first-order chi connectivity index (χ1) is 13.6. The third-order valence-electron chi connectivity index (χ3n) is 5.12. The summed E-state index contributed by atoms with van der Waals surface area (Å²) in [5, 5.41) is 3.05. The number of benzene rings is 2. The molecule has 1 amide bonds. The van der Waals surface area contributed by atoms with Crippen molar-refractivity contribution in [3.05, 3.63) is 62.8 Å². The van der Waals surface area contributed by atoms with Gasteiger partial charge in [0.15, 0.2) is 6.10 Å². The third-order valence-corrected chi connectivity index (χ3v) is 6.79. The molecule has 142 valence electrons. The van der Waals surface area contributed by atoms with Gasteiger partial charge in [0.05, 0.1) is 21.3 Å². The zero-order valence-electron chi connectivity index (χ0n) is 15.2. The largest absolute Gasteiger partial charge is 0.496 e. The first-order valence-corrected chi connectivity index (χ1v) is 10.8. The predicted molar refractivity (Wildman–Crippen MR) is 114 cm³/mol. The van der Waals surface area contributed by atoms with Crippen LogP contribution in [-0.4, -0.2) is 13.0 Å². The molecular formula is C22H18BrNO3S. The van der Waals surface area contributed by atoms with Crippen molar-refractivity contribution in [1.82, 2.24) is 0 Å². The molecule has 2 aromatic carbocycles. The minimum absolute atomic E-state index is 0.102. The highest BCUT2D eigenvalue weighted by molar-refractivity contribution is 9.11. The Morgan fingerprint density at radius 1 is 1.21 bits per heavy atom. The number of amides is 1. The van der Waals surface area contributed by atoms with Crippen LogP contribution in [0.2, 0.25) is 0 Å². The summed E-state index contributed by atoms with van der Waals surface area (Å²) in [7, 11) is 1.67. The minimum atomic E-state index is -0.233. The molecule has 2 aliphatic rings. The molecule has 28 heavy (non-hydrogen) atoms. The van der Waals surface area contributed by atoms with E-state index in [0.717, 1.165) is 55.4 Å². The molecule has 5 rings (SSSR count). The minimum Gasteiger partial charge on any atom is -0.496 e. The Morgan fingerprint density at radius 2 is 2.07 bits per heavy atom. The first kappa shape index (κ1) is 17.8. The van der Waals surface area contributed by atoms with Crippen LogP contribution >= 0.6 is 27.3 Å². The molecule has 1 aliphatic carbocycles. The van der Waals surface area contributed by atoms with Gasteiger partial charge in [-0.1, -0.05) is 12.1 Å². The van der Waals surface area contributed by atoms with Crippen LogP contribution in [-0.2, 0) is 4.79 Å². The average molecular weight is 456 g/mol. The molecule has 2 heterocycles. The molecule has 0 spiro atoms. The summed E-state index contributed by atoms with van der Waals surface area (Å²) in [6, 6.07) is 16.0. The second kappa shape index (κ2) is 6.94. The van der Waals surface area contributed by atoms with E-state index in [1.807, 2.05) is 36.4 Å². The van der Waals surface area contributed by atoms with E-state index in [1.165, 1.54) is 0 Å². The monoisotopic (exact) mass is 455 g/mol. The molecule has 0 bridgehead atoms. The van der Waals surface area contributed by atoms with E-state index in [-0.39, 0.29) is 17.9 Å². The van der Waals surface area contributed by atoms with Gasteiger partial charge in [-0.3, -0.25) is 4.79 Å². The van der Waals surface area contributed by atoms with Gasteiger partial charge < -0.3 is 14.8 Å². The summed E-state index contributed by atoms with van der Waals surface area (Å²) in [6.45, 7) is 0. The van der Waals surface area contributed by atoms with E-state index in [0.29, 0.717) is 0 Å². The number of thiophene rings is 1. The summed E-state index contributed by atoms with van der Waals surface area (Å²) in [6.07, 6.45) is 1.73. The molecule has 1 unspecified atom stereocenters. The number of anilines is 1. The van der Waals surface area contributed by atoms with Crippen LogP contribution < -0.4 is 14.8 Å². The molecule has 1 aliphatic heterocycles. The summed E-state index contributed by atoms with van der Waals surface area (Å²) in [5.41, 5.74) is 3.85. The topological polar surface area (TPSA) is 47.6 Å².